The molecule has 0 aromatic heterocycles. The van der Waals surface area contributed by atoms with E-state index in [0.717, 1.165) is 37.3 Å². The Morgan fingerprint density at radius 3 is 2.26 bits per heavy atom. The molecule has 0 radical (unpaired) electrons. The van der Waals surface area contributed by atoms with E-state index in [1.807, 2.05) is 36.9 Å². The van der Waals surface area contributed by atoms with Crippen LogP contribution in [0.4, 0.5) is 21.5 Å². The van der Waals surface area contributed by atoms with E-state index < -0.39 is 17.5 Å². The van der Waals surface area contributed by atoms with E-state index in [-0.39, 0.29) is 5.88 Å². The fraction of sp³-hybridized carbons (Fsp3) is 0.312. The van der Waals surface area contributed by atoms with E-state index in [9.17, 15) is 4.79 Å². The zero-order valence-electron chi connectivity index (χ0n) is 25.0. The number of halogens is 1. The number of para-hydroxylation sites is 2. The number of nitrogens with zero attached hydrogens (tertiary/aromatic N) is 3. The first-order valence-electron chi connectivity index (χ1n) is 14.0. The van der Waals surface area contributed by atoms with Crippen LogP contribution in [-0.2, 0) is 4.79 Å². The van der Waals surface area contributed by atoms with Crippen LogP contribution in [0.5, 0.6) is 17.2 Å². The Hall–Kier alpha value is -4.77. The minimum atomic E-state index is -1.80. The van der Waals surface area contributed by atoms with E-state index in [1.165, 1.54) is 26.5 Å². The quantitative estimate of drug-likeness (QED) is 0.336. The number of aliphatic imine (C=N–C) groups is 1. The predicted octanol–water partition coefficient (Wildman–Crippen LogP) is 4.51. The Morgan fingerprint density at radius 1 is 0.977 bits per heavy atom. The third kappa shape index (κ3) is 6.36. The minimum Gasteiger partial charge on any atom is -0.493 e. The molecule has 2 heterocycles. The van der Waals surface area contributed by atoms with Gasteiger partial charge in [0.15, 0.2) is 17.4 Å². The number of rotatable bonds is 9. The van der Waals surface area contributed by atoms with E-state index in [4.69, 9.17) is 14.2 Å². The average molecular weight is 589 g/mol. The molecule has 0 aliphatic carbocycles. The first-order chi connectivity index (χ1) is 20.7. The van der Waals surface area contributed by atoms with Gasteiger partial charge in [-0.25, -0.2) is 9.38 Å². The topological polar surface area (TPSA) is 99.7 Å². The molecule has 2 aliphatic heterocycles. The summed E-state index contributed by atoms with van der Waals surface area (Å²) < 4.78 is 32.6. The lowest BCUT2D eigenvalue weighted by Gasteiger charge is -2.36. The van der Waals surface area contributed by atoms with Gasteiger partial charge in [0.1, 0.15) is 5.82 Å². The summed E-state index contributed by atoms with van der Waals surface area (Å²) in [6, 6.07) is 15.8. The standard InChI is InChI=1S/C32H37FN6O4/c1-21-8-6-9-22(2)29(21)35-31(40)32(36-23-12-13-25(24(33)20-23)39-18-16-38(3)17-19-39)34-15-14-28(37-32)43-30-26(41-4)10-7-11-27(30)42-5/h6-15,20,36-37H,16-19H2,1-5H3,(H,35,40). The molecule has 3 aromatic rings. The molecule has 3 N–H and O–H groups in total. The lowest BCUT2D eigenvalue weighted by Crippen LogP contribution is -2.60. The largest absolute Gasteiger partial charge is 0.493 e. The molecule has 226 valence electrons. The molecule has 11 heteroatoms. The summed E-state index contributed by atoms with van der Waals surface area (Å²) >= 11 is 0. The molecule has 2 aliphatic rings. The van der Waals surface area contributed by atoms with Gasteiger partial charge in [-0.1, -0.05) is 24.3 Å². The van der Waals surface area contributed by atoms with Crippen molar-refractivity contribution in [2.75, 3.05) is 63.0 Å². The van der Waals surface area contributed by atoms with Crippen molar-refractivity contribution in [3.8, 4) is 17.2 Å². The van der Waals surface area contributed by atoms with Crippen LogP contribution in [0, 0.1) is 19.7 Å². The maximum absolute atomic E-state index is 15.5. The smallest absolute Gasteiger partial charge is 0.295 e. The van der Waals surface area contributed by atoms with E-state index in [2.05, 4.69) is 32.9 Å². The second-order valence-corrected chi connectivity index (χ2v) is 10.5. The van der Waals surface area contributed by atoms with Crippen LogP contribution in [0.3, 0.4) is 0 Å². The van der Waals surface area contributed by atoms with Gasteiger partial charge in [-0.15, -0.1) is 0 Å². The highest BCUT2D eigenvalue weighted by molar-refractivity contribution is 6.02. The lowest BCUT2D eigenvalue weighted by molar-refractivity contribution is -0.121. The molecule has 1 fully saturated rings. The summed E-state index contributed by atoms with van der Waals surface area (Å²) in [5.41, 5.74) is 3.30. The van der Waals surface area contributed by atoms with E-state index >= 15 is 4.39 Å². The van der Waals surface area contributed by atoms with Crippen LogP contribution in [-0.4, -0.2) is 70.3 Å². The van der Waals surface area contributed by atoms with Gasteiger partial charge in [0, 0.05) is 49.8 Å². The maximum Gasteiger partial charge on any atom is 0.295 e. The highest BCUT2D eigenvalue weighted by Gasteiger charge is 2.41. The van der Waals surface area contributed by atoms with Crippen molar-refractivity contribution < 1.29 is 23.4 Å². The summed E-state index contributed by atoms with van der Waals surface area (Å²) in [5.74, 6) is -1.34. The van der Waals surface area contributed by atoms with Crippen molar-refractivity contribution in [3.63, 3.8) is 0 Å². The van der Waals surface area contributed by atoms with Crippen LogP contribution in [0.15, 0.2) is 71.5 Å². The summed E-state index contributed by atoms with van der Waals surface area (Å²) in [6.07, 6.45) is 3.04. The fourth-order valence-corrected chi connectivity index (χ4v) is 5.10. The second kappa shape index (κ2) is 12.6. The van der Waals surface area contributed by atoms with Gasteiger partial charge in [-0.2, -0.15) is 0 Å². The number of aryl methyl sites for hydroxylation is 2. The molecule has 5 rings (SSSR count). The molecular formula is C32H37FN6O4. The third-order valence-electron chi connectivity index (χ3n) is 7.56. The number of amides is 1. The lowest BCUT2D eigenvalue weighted by atomic mass is 10.1. The Morgan fingerprint density at radius 2 is 1.63 bits per heavy atom. The zero-order chi connectivity index (χ0) is 30.6. The van der Waals surface area contributed by atoms with E-state index in [1.54, 1.807) is 36.4 Å². The molecule has 0 spiro atoms. The van der Waals surface area contributed by atoms with Crippen molar-refractivity contribution in [1.29, 1.82) is 0 Å². The fourth-order valence-electron chi connectivity index (χ4n) is 5.10. The number of allylic oxidation sites excluding steroid dienone is 1. The zero-order valence-corrected chi connectivity index (χ0v) is 25.0. The van der Waals surface area contributed by atoms with Gasteiger partial charge < -0.3 is 40.0 Å². The number of anilines is 3. The summed E-state index contributed by atoms with van der Waals surface area (Å²) in [4.78, 5) is 22.8. The van der Waals surface area contributed by atoms with Crippen LogP contribution < -0.4 is 35.1 Å². The first-order valence-corrected chi connectivity index (χ1v) is 14.0. The Kier molecular flexibility index (Phi) is 8.72. The van der Waals surface area contributed by atoms with Gasteiger partial charge in [0.05, 0.1) is 19.9 Å². The average Bonchev–Trinajstić information content (AvgIpc) is 3.00. The number of carbonyl (C=O) groups is 1. The molecular weight excluding hydrogens is 551 g/mol. The Balaban J connectivity index is 1.47. The molecule has 43 heavy (non-hydrogen) atoms. The van der Waals surface area contributed by atoms with Gasteiger partial charge >= 0.3 is 0 Å². The van der Waals surface area contributed by atoms with Crippen LogP contribution in [0.2, 0.25) is 0 Å². The summed E-state index contributed by atoms with van der Waals surface area (Å²) in [5, 5.41) is 9.23. The third-order valence-corrected chi connectivity index (χ3v) is 7.56. The Labute approximate surface area is 251 Å². The molecule has 1 atom stereocenters. The maximum atomic E-state index is 15.5. The minimum absolute atomic E-state index is 0.191. The van der Waals surface area contributed by atoms with Crippen LogP contribution >= 0.6 is 0 Å². The molecule has 1 amide bonds. The van der Waals surface area contributed by atoms with Crippen molar-refractivity contribution >= 4 is 29.2 Å². The van der Waals surface area contributed by atoms with Gasteiger partial charge in [-0.05, 0) is 62.4 Å². The van der Waals surface area contributed by atoms with Gasteiger partial charge in [0.2, 0.25) is 5.75 Å². The second-order valence-electron chi connectivity index (χ2n) is 10.5. The number of benzene rings is 3. The van der Waals surface area contributed by atoms with Crippen molar-refractivity contribution in [3.05, 3.63) is 83.5 Å². The summed E-state index contributed by atoms with van der Waals surface area (Å²) in [7, 11) is 5.10. The first kappa shape index (κ1) is 29.7. The van der Waals surface area contributed by atoms with Crippen LogP contribution in [0.1, 0.15) is 11.1 Å². The number of hydrogen-bond donors (Lipinski definition) is 3. The van der Waals surface area contributed by atoms with Crippen LogP contribution in [0.25, 0.3) is 0 Å². The van der Waals surface area contributed by atoms with Gasteiger partial charge in [-0.3, -0.25) is 4.79 Å². The number of nitrogens with one attached hydrogen (secondary N) is 3. The molecule has 3 aromatic carbocycles. The number of hydrogen-bond acceptors (Lipinski definition) is 9. The van der Waals surface area contributed by atoms with Crippen molar-refractivity contribution in [1.82, 2.24) is 10.2 Å². The number of carbonyl (C=O) groups excluding carboxylic acids is 1. The highest BCUT2D eigenvalue weighted by atomic mass is 19.1. The van der Waals surface area contributed by atoms with Crippen molar-refractivity contribution in [2.45, 2.75) is 19.6 Å². The Bertz CT molecular complexity index is 1510. The number of ether oxygens (including phenoxy) is 3. The molecule has 1 unspecified atom stereocenters. The highest BCUT2D eigenvalue weighted by Crippen LogP contribution is 2.38. The van der Waals surface area contributed by atoms with E-state index in [0.29, 0.717) is 34.3 Å². The molecule has 1 saturated heterocycles. The van der Waals surface area contributed by atoms with Gasteiger partial charge in [0.25, 0.3) is 11.7 Å². The molecule has 0 bridgehead atoms. The SMILES string of the molecule is COc1cccc(OC)c1OC1=CC=NC(Nc2ccc(N3CCN(C)CC3)c(F)c2)(C(=O)Nc2c(C)cccc2C)N1. The predicted molar refractivity (Wildman–Crippen MR) is 167 cm³/mol. The summed E-state index contributed by atoms with van der Waals surface area (Å²) in [6.45, 7) is 6.99. The number of likely N-dealkylation sites (N-methyl/N-ethyl adjacent to an activating group) is 1. The normalized spacial score (nSPS) is 18.4. The monoisotopic (exact) mass is 588 g/mol. The molecule has 10 nitrogen and oxygen atoms in total. The molecule has 0 saturated carbocycles. The number of methoxy groups -OCH3 is 2. The number of piperazine rings is 1. The van der Waals surface area contributed by atoms with Crippen molar-refractivity contribution in [2.24, 2.45) is 4.99 Å².